The Hall–Kier alpha value is -3.06. The molecule has 0 N–H and O–H groups in total. The molecule has 0 aliphatic carbocycles. The highest BCUT2D eigenvalue weighted by molar-refractivity contribution is 5.93. The molecule has 1 saturated heterocycles. The smallest absolute Gasteiger partial charge is 0.204 e. The van der Waals surface area contributed by atoms with Crippen LogP contribution in [0.5, 0.6) is 0 Å². The van der Waals surface area contributed by atoms with E-state index < -0.39 is 0 Å². The molecule has 4 aromatic rings. The molecule has 0 atom stereocenters. The van der Waals surface area contributed by atoms with E-state index in [0.29, 0.717) is 0 Å². The molecule has 0 unspecified atom stereocenters. The minimum atomic E-state index is 0.227. The summed E-state index contributed by atoms with van der Waals surface area (Å²) in [5, 5.41) is 14.9. The van der Waals surface area contributed by atoms with Crippen molar-refractivity contribution in [2.75, 3.05) is 31.2 Å². The lowest BCUT2D eigenvalue weighted by molar-refractivity contribution is 0.122. The summed E-state index contributed by atoms with van der Waals surface area (Å²) < 4.78 is 7.38. The molecule has 3 aromatic heterocycles. The molecule has 0 saturated carbocycles. The Bertz CT molecular complexity index is 1190. The molecule has 1 aliphatic heterocycles. The number of ether oxygens (including phenoxy) is 1. The van der Waals surface area contributed by atoms with Crippen molar-refractivity contribution >= 4 is 22.2 Å². The lowest BCUT2D eigenvalue weighted by Gasteiger charge is -2.28. The molecule has 1 aliphatic rings. The van der Waals surface area contributed by atoms with Crippen LogP contribution in [-0.2, 0) is 11.2 Å². The molecule has 7 nitrogen and oxygen atoms in total. The summed E-state index contributed by atoms with van der Waals surface area (Å²) >= 11 is 0. The molecule has 0 amide bonds. The largest absolute Gasteiger partial charge is 0.378 e. The maximum Gasteiger partial charge on any atom is 0.204 e. The Labute approximate surface area is 175 Å². The number of hydrogen-bond donors (Lipinski definition) is 0. The third-order valence-electron chi connectivity index (χ3n) is 5.67. The molecule has 5 rings (SSSR count). The van der Waals surface area contributed by atoms with Gasteiger partial charge >= 0.3 is 0 Å². The summed E-state index contributed by atoms with van der Waals surface area (Å²) in [5.41, 5.74) is 6.14. The van der Waals surface area contributed by atoms with Gasteiger partial charge in [-0.2, -0.15) is 9.61 Å². The van der Waals surface area contributed by atoms with Crippen LogP contribution in [-0.4, -0.2) is 51.1 Å². The van der Waals surface area contributed by atoms with E-state index in [0.717, 1.165) is 66.5 Å². The van der Waals surface area contributed by atoms with Crippen LogP contribution in [0.1, 0.15) is 42.4 Å². The van der Waals surface area contributed by atoms with E-state index in [4.69, 9.17) is 14.8 Å². The number of fused-ring (bicyclic) bond motifs is 3. The van der Waals surface area contributed by atoms with Gasteiger partial charge in [0.2, 0.25) is 5.65 Å². The van der Waals surface area contributed by atoms with Gasteiger partial charge in [0, 0.05) is 30.8 Å². The first-order valence-electron chi connectivity index (χ1n) is 10.5. The van der Waals surface area contributed by atoms with Gasteiger partial charge in [-0.3, -0.25) is 0 Å². The van der Waals surface area contributed by atoms with Crippen molar-refractivity contribution in [2.24, 2.45) is 0 Å². The summed E-state index contributed by atoms with van der Waals surface area (Å²) in [6, 6.07) is 10.8. The topological polar surface area (TPSA) is 68.4 Å². The van der Waals surface area contributed by atoms with Gasteiger partial charge in [0.05, 0.1) is 30.8 Å². The van der Waals surface area contributed by atoms with Crippen LogP contribution in [0.3, 0.4) is 0 Å². The highest BCUT2D eigenvalue weighted by Gasteiger charge is 2.19. The van der Waals surface area contributed by atoms with Crippen LogP contribution in [0.25, 0.3) is 16.6 Å². The molecule has 0 spiro atoms. The van der Waals surface area contributed by atoms with Crippen LogP contribution in [0.2, 0.25) is 0 Å². The maximum atomic E-state index is 5.51. The Kier molecular flexibility index (Phi) is 4.83. The summed E-state index contributed by atoms with van der Waals surface area (Å²) in [7, 11) is 0. The second kappa shape index (κ2) is 7.65. The monoisotopic (exact) mass is 402 g/mol. The Balaban J connectivity index is 1.69. The molecule has 0 bridgehead atoms. The Morgan fingerprint density at radius 1 is 1.07 bits per heavy atom. The van der Waals surface area contributed by atoms with E-state index in [1.54, 1.807) is 0 Å². The van der Waals surface area contributed by atoms with Gasteiger partial charge in [0.25, 0.3) is 0 Å². The lowest BCUT2D eigenvalue weighted by Crippen LogP contribution is -2.36. The number of hydrogen-bond acceptors (Lipinski definition) is 6. The Morgan fingerprint density at radius 2 is 1.83 bits per heavy atom. The van der Waals surface area contributed by atoms with Crippen molar-refractivity contribution in [1.29, 1.82) is 0 Å². The third-order valence-corrected chi connectivity index (χ3v) is 5.67. The predicted octanol–water partition coefficient (Wildman–Crippen LogP) is 3.53. The zero-order valence-corrected chi connectivity index (χ0v) is 17.7. The number of aromatic nitrogens is 5. The molecule has 0 radical (unpaired) electrons. The summed E-state index contributed by atoms with van der Waals surface area (Å²) in [4.78, 5) is 7.15. The SMILES string of the molecule is Cc1ccc(Cc2nn3c(C(C)C)nnc3c3ncc(N4CCOCC4)cc23)cc1. The fourth-order valence-electron chi connectivity index (χ4n) is 3.95. The molecule has 1 aromatic carbocycles. The minimum absolute atomic E-state index is 0.227. The first-order chi connectivity index (χ1) is 14.6. The number of pyridine rings is 1. The molecule has 154 valence electrons. The predicted molar refractivity (Wildman–Crippen MR) is 117 cm³/mol. The second-order valence-electron chi connectivity index (χ2n) is 8.25. The second-order valence-corrected chi connectivity index (χ2v) is 8.25. The number of nitrogens with zero attached hydrogens (tertiary/aromatic N) is 6. The van der Waals surface area contributed by atoms with Crippen molar-refractivity contribution in [1.82, 2.24) is 24.8 Å². The molecular weight excluding hydrogens is 376 g/mol. The van der Waals surface area contributed by atoms with Crippen molar-refractivity contribution in [3.63, 3.8) is 0 Å². The van der Waals surface area contributed by atoms with Crippen LogP contribution in [0.4, 0.5) is 5.69 Å². The third kappa shape index (κ3) is 3.39. The average molecular weight is 403 g/mol. The van der Waals surface area contributed by atoms with Gasteiger partial charge in [-0.25, -0.2) is 4.98 Å². The molecule has 30 heavy (non-hydrogen) atoms. The van der Waals surface area contributed by atoms with Crippen molar-refractivity contribution in [2.45, 2.75) is 33.1 Å². The summed E-state index contributed by atoms with van der Waals surface area (Å²) in [5.74, 6) is 1.08. The van der Waals surface area contributed by atoms with Crippen molar-refractivity contribution in [3.8, 4) is 0 Å². The van der Waals surface area contributed by atoms with Gasteiger partial charge in [0.15, 0.2) is 5.82 Å². The zero-order valence-electron chi connectivity index (χ0n) is 17.7. The average Bonchev–Trinajstić information content (AvgIpc) is 3.20. The van der Waals surface area contributed by atoms with Gasteiger partial charge in [-0.05, 0) is 18.6 Å². The molecular formula is C23H26N6O. The van der Waals surface area contributed by atoms with Crippen LogP contribution in [0, 0.1) is 6.92 Å². The number of anilines is 1. The number of benzene rings is 1. The van der Waals surface area contributed by atoms with E-state index >= 15 is 0 Å². The van der Waals surface area contributed by atoms with Gasteiger partial charge in [0.1, 0.15) is 5.52 Å². The van der Waals surface area contributed by atoms with E-state index in [2.05, 4.69) is 66.2 Å². The van der Waals surface area contributed by atoms with Gasteiger partial charge < -0.3 is 9.64 Å². The van der Waals surface area contributed by atoms with Crippen LogP contribution >= 0.6 is 0 Å². The quantitative estimate of drug-likeness (QED) is 0.520. The van der Waals surface area contributed by atoms with E-state index in [1.165, 1.54) is 11.1 Å². The number of rotatable bonds is 4. The van der Waals surface area contributed by atoms with E-state index in [9.17, 15) is 0 Å². The minimum Gasteiger partial charge on any atom is -0.378 e. The normalized spacial score (nSPS) is 14.9. The molecule has 4 heterocycles. The highest BCUT2D eigenvalue weighted by Crippen LogP contribution is 2.27. The first kappa shape index (κ1) is 18.9. The summed E-state index contributed by atoms with van der Waals surface area (Å²) in [6.45, 7) is 9.56. The lowest BCUT2D eigenvalue weighted by atomic mass is 10.0. The first-order valence-corrected chi connectivity index (χ1v) is 10.5. The van der Waals surface area contributed by atoms with Crippen LogP contribution < -0.4 is 4.90 Å². The summed E-state index contributed by atoms with van der Waals surface area (Å²) in [6.07, 6.45) is 2.67. The Morgan fingerprint density at radius 3 is 2.57 bits per heavy atom. The fraction of sp³-hybridized carbons (Fsp3) is 0.391. The fourth-order valence-corrected chi connectivity index (χ4v) is 3.95. The van der Waals surface area contributed by atoms with E-state index in [-0.39, 0.29) is 5.92 Å². The zero-order chi connectivity index (χ0) is 20.7. The number of aryl methyl sites for hydroxylation is 1. The van der Waals surface area contributed by atoms with E-state index in [1.807, 2.05) is 10.7 Å². The molecule has 7 heteroatoms. The van der Waals surface area contributed by atoms with Gasteiger partial charge in [-0.1, -0.05) is 43.7 Å². The van der Waals surface area contributed by atoms with Crippen LogP contribution in [0.15, 0.2) is 36.5 Å². The van der Waals surface area contributed by atoms with Gasteiger partial charge in [-0.15, -0.1) is 10.2 Å². The van der Waals surface area contributed by atoms with Crippen molar-refractivity contribution in [3.05, 3.63) is 59.2 Å². The maximum absolute atomic E-state index is 5.51. The molecule has 1 fully saturated rings. The van der Waals surface area contributed by atoms with Crippen molar-refractivity contribution < 1.29 is 4.74 Å². The number of morpholine rings is 1. The standard InChI is InChI=1S/C23H26N6O/c1-15(2)22-25-26-23-21-19(13-18(14-24-21)28-8-10-30-11-9-28)20(27-29(22)23)12-17-6-4-16(3)5-7-17/h4-7,13-15H,8-12H2,1-3H3. The highest BCUT2D eigenvalue weighted by atomic mass is 16.5.